The van der Waals surface area contributed by atoms with Crippen molar-refractivity contribution >= 4 is 23.2 Å². The van der Waals surface area contributed by atoms with Gasteiger partial charge in [0.05, 0.1) is 6.07 Å². The Kier molecular flexibility index (Phi) is 5.11. The number of nitrogens with one attached hydrogen (secondary N) is 2. The molecular formula is C18H17N3O2. The van der Waals surface area contributed by atoms with Crippen molar-refractivity contribution in [3.8, 4) is 6.07 Å². The van der Waals surface area contributed by atoms with Gasteiger partial charge in [-0.1, -0.05) is 6.07 Å². The Morgan fingerprint density at radius 3 is 2.13 bits per heavy atom. The van der Waals surface area contributed by atoms with Crippen LogP contribution in [0.25, 0.3) is 0 Å². The molecule has 2 N–H and O–H groups in total. The molecule has 0 aromatic heterocycles. The van der Waals surface area contributed by atoms with Crippen LogP contribution in [-0.4, -0.2) is 11.8 Å². The minimum atomic E-state index is -0.375. The molecule has 0 aliphatic carbocycles. The van der Waals surface area contributed by atoms with Crippen molar-refractivity contribution in [3.05, 3.63) is 59.2 Å². The fourth-order valence-electron chi connectivity index (χ4n) is 2.23. The van der Waals surface area contributed by atoms with Crippen molar-refractivity contribution < 1.29 is 9.59 Å². The summed E-state index contributed by atoms with van der Waals surface area (Å²) < 4.78 is 0. The number of hydrogen-bond acceptors (Lipinski definition) is 3. The van der Waals surface area contributed by atoms with Gasteiger partial charge in [-0.3, -0.25) is 9.59 Å². The topological polar surface area (TPSA) is 82.0 Å². The quantitative estimate of drug-likeness (QED) is 0.908. The molecule has 5 nitrogen and oxygen atoms in total. The number of anilines is 2. The van der Waals surface area contributed by atoms with Crippen molar-refractivity contribution in [2.45, 2.75) is 20.3 Å². The summed E-state index contributed by atoms with van der Waals surface area (Å²) in [5.41, 5.74) is 3.95. The molecule has 0 bridgehead atoms. The van der Waals surface area contributed by atoms with E-state index in [1.165, 1.54) is 0 Å². The zero-order chi connectivity index (χ0) is 16.8. The van der Waals surface area contributed by atoms with Gasteiger partial charge in [-0.15, -0.1) is 0 Å². The van der Waals surface area contributed by atoms with E-state index in [1.54, 1.807) is 30.3 Å². The first kappa shape index (κ1) is 16.2. The molecular weight excluding hydrogens is 290 g/mol. The molecule has 0 radical (unpaired) electrons. The fraction of sp³-hybridized carbons (Fsp3) is 0.167. The predicted octanol–water partition coefficient (Wildman–Crippen LogP) is 3.41. The first-order valence-corrected chi connectivity index (χ1v) is 7.14. The summed E-state index contributed by atoms with van der Waals surface area (Å²) in [5.74, 6) is -0.593. The van der Waals surface area contributed by atoms with Crippen LogP contribution in [0.15, 0.2) is 42.5 Å². The second-order valence-corrected chi connectivity index (χ2v) is 5.29. The molecule has 0 unspecified atom stereocenters. The van der Waals surface area contributed by atoms with E-state index in [-0.39, 0.29) is 18.2 Å². The lowest BCUT2D eigenvalue weighted by Crippen LogP contribution is -2.13. The molecule has 0 aliphatic rings. The van der Waals surface area contributed by atoms with Gasteiger partial charge in [-0.2, -0.15) is 5.26 Å². The Morgan fingerprint density at radius 2 is 1.57 bits per heavy atom. The number of carbonyl (C=O) groups excluding carboxylic acids is 2. The average molecular weight is 307 g/mol. The summed E-state index contributed by atoms with van der Waals surface area (Å²) >= 11 is 0. The maximum absolute atomic E-state index is 12.2. The van der Waals surface area contributed by atoms with Gasteiger partial charge < -0.3 is 10.6 Å². The SMILES string of the molecule is Cc1cc(C)cc(NC(=O)c2ccc(NC(=O)CC#N)cc2)c1. The van der Waals surface area contributed by atoms with E-state index in [2.05, 4.69) is 10.6 Å². The van der Waals surface area contributed by atoms with Crippen molar-refractivity contribution in [1.29, 1.82) is 5.26 Å². The van der Waals surface area contributed by atoms with E-state index >= 15 is 0 Å². The Labute approximate surface area is 134 Å². The molecule has 5 heteroatoms. The third kappa shape index (κ3) is 4.68. The molecule has 0 fully saturated rings. The number of amides is 2. The van der Waals surface area contributed by atoms with E-state index in [0.29, 0.717) is 11.3 Å². The largest absolute Gasteiger partial charge is 0.325 e. The molecule has 0 aliphatic heterocycles. The normalized spacial score (nSPS) is 9.78. The van der Waals surface area contributed by atoms with Crippen LogP contribution < -0.4 is 10.6 Å². The summed E-state index contributed by atoms with van der Waals surface area (Å²) in [6, 6.07) is 14.1. The molecule has 2 aromatic carbocycles. The third-order valence-electron chi connectivity index (χ3n) is 3.15. The predicted molar refractivity (Wildman–Crippen MR) is 89.2 cm³/mol. The highest BCUT2D eigenvalue weighted by atomic mass is 16.2. The summed E-state index contributed by atoms with van der Waals surface area (Å²) in [4.78, 5) is 23.6. The lowest BCUT2D eigenvalue weighted by Gasteiger charge is -2.08. The summed E-state index contributed by atoms with van der Waals surface area (Å²) in [5, 5.41) is 13.9. The van der Waals surface area contributed by atoms with E-state index < -0.39 is 0 Å². The van der Waals surface area contributed by atoms with Gasteiger partial charge in [0.1, 0.15) is 6.42 Å². The van der Waals surface area contributed by atoms with Crippen LogP contribution in [0.1, 0.15) is 27.9 Å². The van der Waals surface area contributed by atoms with Gasteiger partial charge in [0.2, 0.25) is 5.91 Å². The maximum atomic E-state index is 12.2. The lowest BCUT2D eigenvalue weighted by molar-refractivity contribution is -0.115. The first-order chi connectivity index (χ1) is 11.0. The monoisotopic (exact) mass is 307 g/mol. The molecule has 0 saturated heterocycles. The second-order valence-electron chi connectivity index (χ2n) is 5.29. The van der Waals surface area contributed by atoms with Crippen LogP contribution in [0.4, 0.5) is 11.4 Å². The maximum Gasteiger partial charge on any atom is 0.255 e. The molecule has 0 atom stereocenters. The highest BCUT2D eigenvalue weighted by molar-refractivity contribution is 6.04. The van der Waals surface area contributed by atoms with Gasteiger partial charge in [0.25, 0.3) is 5.91 Å². The first-order valence-electron chi connectivity index (χ1n) is 7.14. The van der Waals surface area contributed by atoms with Crippen molar-refractivity contribution in [2.75, 3.05) is 10.6 Å². The Hall–Kier alpha value is -3.13. The Morgan fingerprint density at radius 1 is 0.957 bits per heavy atom. The average Bonchev–Trinajstić information content (AvgIpc) is 2.47. The van der Waals surface area contributed by atoms with E-state index in [0.717, 1.165) is 16.8 Å². The smallest absolute Gasteiger partial charge is 0.255 e. The van der Waals surface area contributed by atoms with Gasteiger partial charge in [0.15, 0.2) is 0 Å². The zero-order valence-corrected chi connectivity index (χ0v) is 13.0. The zero-order valence-electron chi connectivity index (χ0n) is 13.0. The highest BCUT2D eigenvalue weighted by Crippen LogP contribution is 2.16. The molecule has 2 rings (SSSR count). The van der Waals surface area contributed by atoms with Gasteiger partial charge in [-0.05, 0) is 61.4 Å². The van der Waals surface area contributed by atoms with Crippen LogP contribution in [-0.2, 0) is 4.79 Å². The number of nitrogens with zero attached hydrogens (tertiary/aromatic N) is 1. The molecule has 0 spiro atoms. The molecule has 0 saturated carbocycles. The van der Waals surface area contributed by atoms with Crippen LogP contribution in [0.2, 0.25) is 0 Å². The molecule has 2 aromatic rings. The third-order valence-corrected chi connectivity index (χ3v) is 3.15. The molecule has 23 heavy (non-hydrogen) atoms. The van der Waals surface area contributed by atoms with Crippen LogP contribution in [0.3, 0.4) is 0 Å². The van der Waals surface area contributed by atoms with Crippen LogP contribution >= 0.6 is 0 Å². The number of nitriles is 1. The summed E-state index contributed by atoms with van der Waals surface area (Å²) in [6.45, 7) is 3.95. The minimum Gasteiger partial charge on any atom is -0.325 e. The summed E-state index contributed by atoms with van der Waals surface area (Å²) in [7, 11) is 0. The fourth-order valence-corrected chi connectivity index (χ4v) is 2.23. The summed E-state index contributed by atoms with van der Waals surface area (Å²) in [6.07, 6.45) is -0.199. The molecule has 0 heterocycles. The van der Waals surface area contributed by atoms with E-state index in [1.807, 2.05) is 32.0 Å². The number of rotatable bonds is 4. The van der Waals surface area contributed by atoms with Crippen LogP contribution in [0.5, 0.6) is 0 Å². The second kappa shape index (κ2) is 7.23. The van der Waals surface area contributed by atoms with Gasteiger partial charge in [0, 0.05) is 16.9 Å². The van der Waals surface area contributed by atoms with Crippen LogP contribution in [0, 0.1) is 25.2 Å². The Balaban J connectivity index is 2.05. The molecule has 2 amide bonds. The van der Waals surface area contributed by atoms with E-state index in [9.17, 15) is 9.59 Å². The van der Waals surface area contributed by atoms with Crippen molar-refractivity contribution in [1.82, 2.24) is 0 Å². The highest BCUT2D eigenvalue weighted by Gasteiger charge is 2.07. The van der Waals surface area contributed by atoms with Gasteiger partial charge in [-0.25, -0.2) is 0 Å². The minimum absolute atomic E-state index is 0.199. The number of aryl methyl sites for hydroxylation is 2. The number of benzene rings is 2. The van der Waals surface area contributed by atoms with Crippen molar-refractivity contribution in [2.24, 2.45) is 0 Å². The van der Waals surface area contributed by atoms with Crippen molar-refractivity contribution in [3.63, 3.8) is 0 Å². The number of hydrogen-bond donors (Lipinski definition) is 2. The Bertz CT molecular complexity index is 754. The standard InChI is InChI=1S/C18H17N3O2/c1-12-9-13(2)11-16(10-12)21-18(23)14-3-5-15(6-4-14)20-17(22)7-8-19/h3-6,9-11H,7H2,1-2H3,(H,20,22)(H,21,23). The number of carbonyl (C=O) groups is 2. The van der Waals surface area contributed by atoms with E-state index in [4.69, 9.17) is 5.26 Å². The lowest BCUT2D eigenvalue weighted by atomic mass is 10.1. The van der Waals surface area contributed by atoms with Gasteiger partial charge >= 0.3 is 0 Å². The molecule has 116 valence electrons.